The highest BCUT2D eigenvalue weighted by atomic mass is 16.6. The Balaban J connectivity index is 3.16. The van der Waals surface area contributed by atoms with Crippen LogP contribution in [0.25, 0.3) is 0 Å². The summed E-state index contributed by atoms with van der Waals surface area (Å²) >= 11 is 0. The molecule has 0 radical (unpaired) electrons. The van der Waals surface area contributed by atoms with Crippen molar-refractivity contribution < 1.29 is 28.7 Å². The van der Waals surface area contributed by atoms with E-state index in [4.69, 9.17) is 15.2 Å². The van der Waals surface area contributed by atoms with E-state index in [1.807, 2.05) is 6.92 Å². The van der Waals surface area contributed by atoms with Crippen LogP contribution in [0.15, 0.2) is 0 Å². The predicted octanol–water partition coefficient (Wildman–Crippen LogP) is 3.80. The number of rotatable bonds is 7. The SMILES string of the molecule is CC[C@H](C)[C@@H](C(=O)OC(=O)C(C)(C)C1CCCCC1)N(C(=O)CN)C(=O)OC(C)(C)C. The number of hydrogen-bond acceptors (Lipinski definition) is 7. The molecule has 2 amide bonds. The molecule has 0 heterocycles. The van der Waals surface area contributed by atoms with Crippen LogP contribution in [-0.4, -0.2) is 47.0 Å². The molecule has 0 unspecified atom stereocenters. The molecule has 1 fully saturated rings. The van der Waals surface area contributed by atoms with Gasteiger partial charge in [0.05, 0.1) is 12.0 Å². The van der Waals surface area contributed by atoms with Crippen LogP contribution < -0.4 is 5.73 Å². The lowest BCUT2D eigenvalue weighted by Crippen LogP contribution is -2.56. The van der Waals surface area contributed by atoms with E-state index in [9.17, 15) is 19.2 Å². The third kappa shape index (κ3) is 7.30. The maximum Gasteiger partial charge on any atom is 0.417 e. The summed E-state index contributed by atoms with van der Waals surface area (Å²) in [5.41, 5.74) is 3.78. The van der Waals surface area contributed by atoms with E-state index in [0.29, 0.717) is 11.3 Å². The molecule has 0 spiro atoms. The maximum absolute atomic E-state index is 13.1. The molecule has 31 heavy (non-hydrogen) atoms. The van der Waals surface area contributed by atoms with Gasteiger partial charge in [0.2, 0.25) is 5.91 Å². The maximum atomic E-state index is 13.1. The smallest absolute Gasteiger partial charge is 0.417 e. The third-order valence-corrected chi connectivity index (χ3v) is 6.08. The molecule has 2 N–H and O–H groups in total. The number of imide groups is 1. The fourth-order valence-corrected chi connectivity index (χ4v) is 3.87. The van der Waals surface area contributed by atoms with Crippen LogP contribution >= 0.6 is 0 Å². The van der Waals surface area contributed by atoms with Crippen molar-refractivity contribution in [2.24, 2.45) is 23.0 Å². The monoisotopic (exact) mass is 440 g/mol. The molecule has 1 rings (SSSR count). The van der Waals surface area contributed by atoms with E-state index >= 15 is 0 Å². The third-order valence-electron chi connectivity index (χ3n) is 6.08. The van der Waals surface area contributed by atoms with E-state index in [1.54, 1.807) is 41.5 Å². The minimum absolute atomic E-state index is 0.122. The number of esters is 2. The highest BCUT2D eigenvalue weighted by molar-refractivity contribution is 6.00. The van der Waals surface area contributed by atoms with Crippen LogP contribution in [0.5, 0.6) is 0 Å². The Morgan fingerprint density at radius 1 is 1.03 bits per heavy atom. The number of ether oxygens (including phenoxy) is 2. The van der Waals surface area contributed by atoms with Gasteiger partial charge in [0.1, 0.15) is 11.6 Å². The Hall–Kier alpha value is -1.96. The van der Waals surface area contributed by atoms with Crippen LogP contribution in [0.2, 0.25) is 0 Å². The van der Waals surface area contributed by atoms with Crippen molar-refractivity contribution in [2.45, 2.75) is 98.6 Å². The zero-order chi connectivity index (χ0) is 24.0. The summed E-state index contributed by atoms with van der Waals surface area (Å²) in [6, 6.07) is -1.30. The van der Waals surface area contributed by atoms with Gasteiger partial charge in [0.25, 0.3) is 0 Å². The zero-order valence-electron chi connectivity index (χ0n) is 20.2. The lowest BCUT2D eigenvalue weighted by Gasteiger charge is -2.36. The summed E-state index contributed by atoms with van der Waals surface area (Å²) in [6.07, 6.45) is 4.52. The van der Waals surface area contributed by atoms with Gasteiger partial charge in [0, 0.05) is 0 Å². The molecule has 178 valence electrons. The van der Waals surface area contributed by atoms with Gasteiger partial charge in [-0.3, -0.25) is 9.59 Å². The van der Waals surface area contributed by atoms with Gasteiger partial charge in [-0.05, 0) is 59.3 Å². The van der Waals surface area contributed by atoms with Gasteiger partial charge in [-0.25, -0.2) is 14.5 Å². The van der Waals surface area contributed by atoms with Crippen molar-refractivity contribution in [1.29, 1.82) is 0 Å². The molecule has 0 bridgehead atoms. The predicted molar refractivity (Wildman–Crippen MR) is 117 cm³/mol. The summed E-state index contributed by atoms with van der Waals surface area (Å²) in [5.74, 6) is -2.68. The van der Waals surface area contributed by atoms with Gasteiger partial charge in [0.15, 0.2) is 0 Å². The van der Waals surface area contributed by atoms with Crippen molar-refractivity contribution >= 4 is 23.9 Å². The van der Waals surface area contributed by atoms with Gasteiger partial charge in [-0.15, -0.1) is 0 Å². The first-order valence-corrected chi connectivity index (χ1v) is 11.3. The molecule has 1 saturated carbocycles. The number of hydrogen-bond donors (Lipinski definition) is 1. The molecule has 1 aliphatic carbocycles. The molecule has 0 aromatic heterocycles. The molecule has 0 saturated heterocycles. The lowest BCUT2D eigenvalue weighted by atomic mass is 9.71. The van der Waals surface area contributed by atoms with Crippen molar-refractivity contribution in [3.05, 3.63) is 0 Å². The highest BCUT2D eigenvalue weighted by Crippen LogP contribution is 2.39. The normalized spacial score (nSPS) is 17.4. The lowest BCUT2D eigenvalue weighted by molar-refractivity contribution is -0.174. The summed E-state index contributed by atoms with van der Waals surface area (Å²) in [6.45, 7) is 11.6. The number of nitrogens with zero attached hydrogens (tertiary/aromatic N) is 1. The summed E-state index contributed by atoms with van der Waals surface area (Å²) in [7, 11) is 0. The van der Waals surface area contributed by atoms with Gasteiger partial charge in [-0.2, -0.15) is 0 Å². The Morgan fingerprint density at radius 3 is 2.03 bits per heavy atom. The molecule has 0 aliphatic heterocycles. The first kappa shape index (κ1) is 27.1. The van der Waals surface area contributed by atoms with E-state index in [2.05, 4.69) is 0 Å². The quantitative estimate of drug-likeness (QED) is 0.473. The Kier molecular flexibility index (Phi) is 9.67. The summed E-state index contributed by atoms with van der Waals surface area (Å²) in [5, 5.41) is 0. The van der Waals surface area contributed by atoms with E-state index < -0.39 is 53.5 Å². The van der Waals surface area contributed by atoms with Crippen LogP contribution in [0.1, 0.15) is 87.0 Å². The Morgan fingerprint density at radius 2 is 1.58 bits per heavy atom. The van der Waals surface area contributed by atoms with Gasteiger partial charge in [-0.1, -0.05) is 39.5 Å². The number of amides is 2. The van der Waals surface area contributed by atoms with Gasteiger partial charge >= 0.3 is 18.0 Å². The fraction of sp³-hybridized carbons (Fsp3) is 0.826. The van der Waals surface area contributed by atoms with Crippen molar-refractivity contribution in [3.8, 4) is 0 Å². The fourth-order valence-electron chi connectivity index (χ4n) is 3.87. The minimum atomic E-state index is -1.30. The Labute approximate surface area is 186 Å². The van der Waals surface area contributed by atoms with E-state index in [0.717, 1.165) is 32.1 Å². The van der Waals surface area contributed by atoms with Crippen molar-refractivity contribution in [2.75, 3.05) is 6.54 Å². The minimum Gasteiger partial charge on any atom is -0.443 e. The molecule has 8 nitrogen and oxygen atoms in total. The number of carbonyl (C=O) groups excluding carboxylic acids is 4. The first-order chi connectivity index (χ1) is 14.3. The molecular weight excluding hydrogens is 400 g/mol. The molecule has 1 aliphatic rings. The topological polar surface area (TPSA) is 116 Å². The number of carbonyl (C=O) groups is 4. The van der Waals surface area contributed by atoms with Crippen LogP contribution in [0.3, 0.4) is 0 Å². The second-order valence-corrected chi connectivity index (χ2v) is 10.0. The van der Waals surface area contributed by atoms with Gasteiger partial charge < -0.3 is 15.2 Å². The van der Waals surface area contributed by atoms with Crippen molar-refractivity contribution in [1.82, 2.24) is 4.90 Å². The second-order valence-electron chi connectivity index (χ2n) is 10.0. The average molecular weight is 441 g/mol. The zero-order valence-corrected chi connectivity index (χ0v) is 20.2. The standard InChI is InChI=1S/C23H40N2O6/c1-8-15(2)18(25(17(26)14-24)21(29)31-22(3,4)5)19(27)30-20(28)23(6,7)16-12-10-9-11-13-16/h15-16,18H,8-14,24H2,1-7H3/t15-,18-/m0/s1. The Bertz CT molecular complexity index is 661. The largest absolute Gasteiger partial charge is 0.443 e. The molecule has 8 heteroatoms. The summed E-state index contributed by atoms with van der Waals surface area (Å²) in [4.78, 5) is 52.1. The average Bonchev–Trinajstić information content (AvgIpc) is 2.69. The molecule has 0 aromatic carbocycles. The van der Waals surface area contributed by atoms with E-state index in [-0.39, 0.29) is 5.92 Å². The molecular formula is C23H40N2O6. The molecule has 2 atom stereocenters. The molecule has 0 aromatic rings. The first-order valence-electron chi connectivity index (χ1n) is 11.3. The van der Waals surface area contributed by atoms with Crippen molar-refractivity contribution in [3.63, 3.8) is 0 Å². The number of nitrogens with two attached hydrogens (primary N) is 1. The summed E-state index contributed by atoms with van der Waals surface area (Å²) < 4.78 is 10.6. The second kappa shape index (κ2) is 11.1. The van der Waals surface area contributed by atoms with Crippen LogP contribution in [0, 0.1) is 17.3 Å². The van der Waals surface area contributed by atoms with Crippen LogP contribution in [0.4, 0.5) is 4.79 Å². The van der Waals surface area contributed by atoms with Crippen LogP contribution in [-0.2, 0) is 23.9 Å². The van der Waals surface area contributed by atoms with E-state index in [1.165, 1.54) is 0 Å². The highest BCUT2D eigenvalue weighted by Gasteiger charge is 2.45.